The predicted octanol–water partition coefficient (Wildman–Crippen LogP) is 6.59. The van der Waals surface area contributed by atoms with Crippen molar-refractivity contribution in [2.24, 2.45) is 0 Å². The monoisotopic (exact) mass is 560 g/mol. The fourth-order valence-corrected chi connectivity index (χ4v) is 5.03. The molecule has 5 rings (SSSR count). The molecule has 0 unspecified atom stereocenters. The van der Waals surface area contributed by atoms with Gasteiger partial charge in [0, 0.05) is 17.5 Å². The fraction of sp³-hybridized carbons (Fsp3) is 0.212. The van der Waals surface area contributed by atoms with E-state index in [9.17, 15) is 25.0 Å². The number of allylic oxidation sites excluding steroid dienone is 1. The van der Waals surface area contributed by atoms with Crippen LogP contribution in [0.15, 0.2) is 66.7 Å². The summed E-state index contributed by atoms with van der Waals surface area (Å²) in [5, 5.41) is 23.4. The molecule has 0 atom stereocenters. The Kier molecular flexibility index (Phi) is 7.55. The number of ether oxygens (including phenoxy) is 1. The molecule has 1 aliphatic carbocycles. The Balaban J connectivity index is 1.39. The minimum Gasteiger partial charge on any atom is -0.452 e. The molecule has 3 aromatic carbocycles. The summed E-state index contributed by atoms with van der Waals surface area (Å²) in [4.78, 5) is 41.3. The largest absolute Gasteiger partial charge is 0.452 e. The van der Waals surface area contributed by atoms with Gasteiger partial charge < -0.3 is 10.1 Å². The number of nitrogens with one attached hydrogen (secondary N) is 1. The number of carbonyl (C=O) groups is 2. The second-order valence-electron chi connectivity index (χ2n) is 11.1. The number of carbonyl (C=O) groups excluding carboxylic acids is 2. The highest BCUT2D eigenvalue weighted by Crippen LogP contribution is 2.38. The lowest BCUT2D eigenvalue weighted by atomic mass is 9.86. The molecule has 1 heterocycles. The van der Waals surface area contributed by atoms with Crippen molar-refractivity contribution in [1.29, 1.82) is 5.26 Å². The van der Waals surface area contributed by atoms with Gasteiger partial charge in [0.1, 0.15) is 6.07 Å². The third kappa shape index (κ3) is 5.74. The molecule has 0 saturated heterocycles. The summed E-state index contributed by atoms with van der Waals surface area (Å²) in [7, 11) is 0. The van der Waals surface area contributed by atoms with E-state index in [0.29, 0.717) is 29.3 Å². The summed E-state index contributed by atoms with van der Waals surface area (Å²) in [6.45, 7) is 5.92. The number of fused-ring (bicyclic) bond motifs is 2. The maximum absolute atomic E-state index is 13.4. The first-order chi connectivity index (χ1) is 20.0. The van der Waals surface area contributed by atoms with Crippen LogP contribution >= 0.6 is 0 Å². The SMILES string of the molecule is CC(C)(C)c1ccc(/C=C2\CCc3c2nc2ccccc2c3C(=O)OCC(=O)Nc2ccc([N+](=O)[O-])cc2C#N)cc1. The number of non-ortho nitro benzene ring substituents is 1. The van der Waals surface area contributed by atoms with Crippen LogP contribution in [0.3, 0.4) is 0 Å². The zero-order valence-electron chi connectivity index (χ0n) is 23.4. The zero-order valence-corrected chi connectivity index (χ0v) is 23.4. The van der Waals surface area contributed by atoms with E-state index >= 15 is 0 Å². The van der Waals surface area contributed by atoms with E-state index in [1.54, 1.807) is 0 Å². The Labute approximate surface area is 242 Å². The number of anilines is 1. The molecule has 42 heavy (non-hydrogen) atoms. The second kappa shape index (κ2) is 11.3. The standard InChI is InChI=1S/C33H28N4O5/c1-33(2,3)23-11-8-20(9-12-23)16-21-10-14-26-30(25-6-4-5-7-28(25)36-31(21)26)32(39)42-19-29(38)35-27-15-13-24(37(40)41)17-22(27)18-34/h4-9,11-13,15-17H,10,14,19H2,1-3H3,(H,35,38)/b21-16+. The van der Waals surface area contributed by atoms with Gasteiger partial charge in [-0.3, -0.25) is 14.9 Å². The van der Waals surface area contributed by atoms with Crippen molar-refractivity contribution in [3.8, 4) is 6.07 Å². The van der Waals surface area contributed by atoms with Gasteiger partial charge in [-0.1, -0.05) is 63.2 Å². The summed E-state index contributed by atoms with van der Waals surface area (Å²) >= 11 is 0. The molecule has 0 spiro atoms. The Morgan fingerprint density at radius 2 is 1.83 bits per heavy atom. The summed E-state index contributed by atoms with van der Waals surface area (Å²) in [5.74, 6) is -1.33. The van der Waals surface area contributed by atoms with Gasteiger partial charge in [0.15, 0.2) is 6.61 Å². The van der Waals surface area contributed by atoms with Crippen molar-refractivity contribution in [2.45, 2.75) is 39.0 Å². The number of esters is 1. The number of pyridine rings is 1. The molecule has 9 nitrogen and oxygen atoms in total. The second-order valence-corrected chi connectivity index (χ2v) is 11.1. The van der Waals surface area contributed by atoms with Crippen LogP contribution in [-0.4, -0.2) is 28.4 Å². The van der Waals surface area contributed by atoms with Gasteiger partial charge in [-0.2, -0.15) is 5.26 Å². The van der Waals surface area contributed by atoms with Crippen LogP contribution in [0, 0.1) is 21.4 Å². The number of para-hydroxylation sites is 1. The molecule has 1 aromatic heterocycles. The minimum atomic E-state index is -0.678. The normalized spacial score (nSPS) is 13.4. The quantitative estimate of drug-likeness (QED) is 0.160. The Morgan fingerprint density at radius 3 is 2.52 bits per heavy atom. The number of rotatable bonds is 6. The minimum absolute atomic E-state index is 0.0537. The van der Waals surface area contributed by atoms with Gasteiger partial charge in [-0.05, 0) is 58.7 Å². The van der Waals surface area contributed by atoms with Crippen LogP contribution in [0.4, 0.5) is 11.4 Å². The Bertz CT molecular complexity index is 1810. The number of aromatic nitrogens is 1. The highest BCUT2D eigenvalue weighted by atomic mass is 16.6. The predicted molar refractivity (Wildman–Crippen MR) is 160 cm³/mol. The summed E-state index contributed by atoms with van der Waals surface area (Å²) in [5.41, 5.74) is 5.65. The lowest BCUT2D eigenvalue weighted by Crippen LogP contribution is -2.22. The van der Waals surface area contributed by atoms with E-state index in [1.807, 2.05) is 30.3 Å². The van der Waals surface area contributed by atoms with Gasteiger partial charge in [0.05, 0.1) is 32.9 Å². The van der Waals surface area contributed by atoms with Crippen molar-refractivity contribution in [3.05, 3.63) is 110 Å². The van der Waals surface area contributed by atoms with Gasteiger partial charge in [-0.15, -0.1) is 0 Å². The van der Waals surface area contributed by atoms with Crippen LogP contribution in [0.5, 0.6) is 0 Å². The van der Waals surface area contributed by atoms with E-state index in [4.69, 9.17) is 9.72 Å². The van der Waals surface area contributed by atoms with Crippen LogP contribution in [0.25, 0.3) is 22.6 Å². The number of nitro benzene ring substituents is 1. The Morgan fingerprint density at radius 1 is 1.10 bits per heavy atom. The summed E-state index contributed by atoms with van der Waals surface area (Å²) < 4.78 is 5.44. The lowest BCUT2D eigenvalue weighted by molar-refractivity contribution is -0.384. The van der Waals surface area contributed by atoms with Crippen LogP contribution in [0.1, 0.15) is 65.5 Å². The fourth-order valence-electron chi connectivity index (χ4n) is 5.03. The average Bonchev–Trinajstić information content (AvgIpc) is 3.36. The number of benzene rings is 3. The lowest BCUT2D eigenvalue weighted by Gasteiger charge is -2.18. The number of hydrogen-bond acceptors (Lipinski definition) is 7. The first-order valence-electron chi connectivity index (χ1n) is 13.4. The molecule has 1 amide bonds. The van der Waals surface area contributed by atoms with Crippen LogP contribution < -0.4 is 5.32 Å². The maximum Gasteiger partial charge on any atom is 0.339 e. The van der Waals surface area contributed by atoms with Crippen molar-refractivity contribution in [2.75, 3.05) is 11.9 Å². The van der Waals surface area contributed by atoms with Gasteiger partial charge in [0.2, 0.25) is 0 Å². The molecule has 0 radical (unpaired) electrons. The number of hydrogen-bond donors (Lipinski definition) is 1. The first-order valence-corrected chi connectivity index (χ1v) is 13.4. The van der Waals surface area contributed by atoms with Gasteiger partial charge in [-0.25, -0.2) is 9.78 Å². The van der Waals surface area contributed by atoms with Crippen molar-refractivity contribution < 1.29 is 19.2 Å². The van der Waals surface area contributed by atoms with Gasteiger partial charge >= 0.3 is 5.97 Å². The van der Waals surface area contributed by atoms with Gasteiger partial charge in [0.25, 0.3) is 11.6 Å². The number of nitro groups is 1. The molecule has 1 N–H and O–H groups in total. The molecular weight excluding hydrogens is 532 g/mol. The first kappa shape index (κ1) is 28.2. The van der Waals surface area contributed by atoms with Crippen molar-refractivity contribution in [3.63, 3.8) is 0 Å². The molecule has 1 aliphatic rings. The topological polar surface area (TPSA) is 135 Å². The molecule has 210 valence electrons. The van der Waals surface area contributed by atoms with E-state index < -0.39 is 23.4 Å². The molecule has 0 saturated carbocycles. The third-order valence-electron chi connectivity index (χ3n) is 7.21. The zero-order chi connectivity index (χ0) is 30.0. The average molecular weight is 561 g/mol. The summed E-state index contributed by atoms with van der Waals surface area (Å²) in [6.07, 6.45) is 3.40. The van der Waals surface area contributed by atoms with E-state index in [-0.39, 0.29) is 22.4 Å². The highest BCUT2D eigenvalue weighted by molar-refractivity contribution is 6.08. The van der Waals surface area contributed by atoms with E-state index in [2.05, 4.69) is 56.4 Å². The van der Waals surface area contributed by atoms with Crippen molar-refractivity contribution >= 4 is 45.8 Å². The van der Waals surface area contributed by atoms with E-state index in [0.717, 1.165) is 28.5 Å². The number of nitriles is 1. The van der Waals surface area contributed by atoms with Crippen LogP contribution in [-0.2, 0) is 21.4 Å². The van der Waals surface area contributed by atoms with E-state index in [1.165, 1.54) is 17.7 Å². The van der Waals surface area contributed by atoms with Crippen LogP contribution in [0.2, 0.25) is 0 Å². The molecule has 0 aliphatic heterocycles. The molecular formula is C33H28N4O5. The molecule has 0 bridgehead atoms. The summed E-state index contributed by atoms with van der Waals surface area (Å²) in [6, 6.07) is 21.1. The highest BCUT2D eigenvalue weighted by Gasteiger charge is 2.28. The van der Waals surface area contributed by atoms with Crippen molar-refractivity contribution in [1.82, 2.24) is 4.98 Å². The number of amides is 1. The molecule has 9 heteroatoms. The maximum atomic E-state index is 13.4. The third-order valence-corrected chi connectivity index (χ3v) is 7.21. The molecule has 4 aromatic rings. The number of nitrogens with zero attached hydrogens (tertiary/aromatic N) is 3. The molecule has 0 fully saturated rings. The smallest absolute Gasteiger partial charge is 0.339 e. The Hall–Kier alpha value is -5.36.